The Morgan fingerprint density at radius 1 is 1.35 bits per heavy atom. The van der Waals surface area contributed by atoms with Crippen molar-refractivity contribution in [1.82, 2.24) is 4.90 Å². The van der Waals surface area contributed by atoms with Crippen LogP contribution in [0.3, 0.4) is 0 Å². The first-order valence-electron chi connectivity index (χ1n) is 5.41. The number of benzene rings is 1. The molecule has 0 amide bonds. The lowest BCUT2D eigenvalue weighted by Gasteiger charge is -2.19. The van der Waals surface area contributed by atoms with Gasteiger partial charge >= 0.3 is 5.97 Å². The standard InChI is InChI=1S/C12H15F2NO2/c1-2-6-15(8-12(16)17)7-9-10(13)4-3-5-11(9)14/h3-5H,2,6-8H2,1H3,(H,16,17). The highest BCUT2D eigenvalue weighted by Gasteiger charge is 2.15. The summed E-state index contributed by atoms with van der Waals surface area (Å²) in [4.78, 5) is 12.1. The maximum atomic E-state index is 13.4. The average molecular weight is 243 g/mol. The maximum Gasteiger partial charge on any atom is 0.317 e. The van der Waals surface area contributed by atoms with Gasteiger partial charge in [0.1, 0.15) is 11.6 Å². The van der Waals surface area contributed by atoms with Gasteiger partial charge in [0.05, 0.1) is 6.54 Å². The van der Waals surface area contributed by atoms with Gasteiger partial charge in [-0.2, -0.15) is 0 Å². The fraction of sp³-hybridized carbons (Fsp3) is 0.417. The minimum Gasteiger partial charge on any atom is -0.480 e. The molecule has 0 aliphatic heterocycles. The zero-order chi connectivity index (χ0) is 12.8. The lowest BCUT2D eigenvalue weighted by atomic mass is 10.2. The molecule has 1 aromatic rings. The number of nitrogens with zero attached hydrogens (tertiary/aromatic N) is 1. The first kappa shape index (κ1) is 13.6. The quantitative estimate of drug-likeness (QED) is 0.833. The van der Waals surface area contributed by atoms with Crippen molar-refractivity contribution >= 4 is 5.97 Å². The van der Waals surface area contributed by atoms with Crippen LogP contribution in [0.25, 0.3) is 0 Å². The molecule has 0 aliphatic carbocycles. The summed E-state index contributed by atoms with van der Waals surface area (Å²) >= 11 is 0. The molecule has 1 aromatic carbocycles. The monoisotopic (exact) mass is 243 g/mol. The molecule has 0 fully saturated rings. The van der Waals surface area contributed by atoms with Crippen molar-refractivity contribution in [2.75, 3.05) is 13.1 Å². The van der Waals surface area contributed by atoms with Crippen molar-refractivity contribution in [3.8, 4) is 0 Å². The van der Waals surface area contributed by atoms with Crippen LogP contribution >= 0.6 is 0 Å². The highest BCUT2D eigenvalue weighted by Crippen LogP contribution is 2.14. The second-order valence-corrected chi connectivity index (χ2v) is 3.80. The molecule has 0 saturated carbocycles. The molecule has 0 aromatic heterocycles. The second-order valence-electron chi connectivity index (χ2n) is 3.80. The third-order valence-electron chi connectivity index (χ3n) is 2.34. The minimum absolute atomic E-state index is 0.0291. The Hall–Kier alpha value is -1.49. The van der Waals surface area contributed by atoms with E-state index in [1.165, 1.54) is 23.1 Å². The molecule has 0 radical (unpaired) electrons. The van der Waals surface area contributed by atoms with E-state index in [4.69, 9.17) is 5.11 Å². The van der Waals surface area contributed by atoms with Gasteiger partial charge in [0, 0.05) is 12.1 Å². The largest absolute Gasteiger partial charge is 0.480 e. The molecule has 0 spiro atoms. The molecule has 1 rings (SSSR count). The normalized spacial score (nSPS) is 10.8. The summed E-state index contributed by atoms with van der Waals surface area (Å²) < 4.78 is 26.7. The van der Waals surface area contributed by atoms with E-state index in [1.807, 2.05) is 6.92 Å². The average Bonchev–Trinajstić information content (AvgIpc) is 2.23. The van der Waals surface area contributed by atoms with E-state index in [1.54, 1.807) is 0 Å². The van der Waals surface area contributed by atoms with Crippen LogP contribution in [-0.4, -0.2) is 29.1 Å². The fourth-order valence-corrected chi connectivity index (χ4v) is 1.63. The van der Waals surface area contributed by atoms with Crippen LogP contribution in [0.5, 0.6) is 0 Å². The van der Waals surface area contributed by atoms with Crippen LogP contribution in [0.2, 0.25) is 0 Å². The van der Waals surface area contributed by atoms with Gasteiger partial charge in [-0.25, -0.2) is 8.78 Å². The van der Waals surface area contributed by atoms with Crippen molar-refractivity contribution in [1.29, 1.82) is 0 Å². The van der Waals surface area contributed by atoms with Crippen molar-refractivity contribution in [3.63, 3.8) is 0 Å². The van der Waals surface area contributed by atoms with E-state index >= 15 is 0 Å². The van der Waals surface area contributed by atoms with Crippen molar-refractivity contribution in [3.05, 3.63) is 35.4 Å². The fourth-order valence-electron chi connectivity index (χ4n) is 1.63. The third-order valence-corrected chi connectivity index (χ3v) is 2.34. The molecule has 3 nitrogen and oxygen atoms in total. The highest BCUT2D eigenvalue weighted by atomic mass is 19.1. The van der Waals surface area contributed by atoms with Crippen LogP contribution in [0.1, 0.15) is 18.9 Å². The van der Waals surface area contributed by atoms with Gasteiger partial charge in [0.15, 0.2) is 0 Å². The van der Waals surface area contributed by atoms with Gasteiger partial charge in [0.2, 0.25) is 0 Å². The van der Waals surface area contributed by atoms with E-state index in [2.05, 4.69) is 0 Å². The Balaban J connectivity index is 2.81. The van der Waals surface area contributed by atoms with Crippen LogP contribution in [0.15, 0.2) is 18.2 Å². The third kappa shape index (κ3) is 4.11. The SMILES string of the molecule is CCCN(CC(=O)O)Cc1c(F)cccc1F. The first-order chi connectivity index (χ1) is 8.04. The van der Waals surface area contributed by atoms with E-state index < -0.39 is 17.6 Å². The number of carboxylic acid groups (broad SMARTS) is 1. The van der Waals surface area contributed by atoms with Gasteiger partial charge in [0.25, 0.3) is 0 Å². The van der Waals surface area contributed by atoms with Crippen LogP contribution in [-0.2, 0) is 11.3 Å². The van der Waals surface area contributed by atoms with E-state index in [-0.39, 0.29) is 18.7 Å². The molecule has 5 heteroatoms. The van der Waals surface area contributed by atoms with Gasteiger partial charge in [-0.05, 0) is 25.1 Å². The van der Waals surface area contributed by atoms with Crippen molar-refractivity contribution in [2.24, 2.45) is 0 Å². The zero-order valence-electron chi connectivity index (χ0n) is 9.62. The Morgan fingerprint density at radius 3 is 2.41 bits per heavy atom. The Labute approximate surface area is 98.7 Å². The molecule has 17 heavy (non-hydrogen) atoms. The number of hydrogen-bond acceptors (Lipinski definition) is 2. The van der Waals surface area contributed by atoms with E-state index in [0.29, 0.717) is 6.54 Å². The first-order valence-corrected chi connectivity index (χ1v) is 5.41. The van der Waals surface area contributed by atoms with E-state index in [9.17, 15) is 13.6 Å². The summed E-state index contributed by atoms with van der Waals surface area (Å²) in [5, 5.41) is 8.70. The predicted octanol–water partition coefficient (Wildman–Crippen LogP) is 2.26. The molecule has 0 bridgehead atoms. The summed E-state index contributed by atoms with van der Waals surface area (Å²) in [7, 11) is 0. The highest BCUT2D eigenvalue weighted by molar-refractivity contribution is 5.69. The Morgan fingerprint density at radius 2 is 1.94 bits per heavy atom. The van der Waals surface area contributed by atoms with Crippen molar-refractivity contribution in [2.45, 2.75) is 19.9 Å². The van der Waals surface area contributed by atoms with Crippen LogP contribution in [0.4, 0.5) is 8.78 Å². The molecule has 94 valence electrons. The van der Waals surface area contributed by atoms with Crippen LogP contribution < -0.4 is 0 Å². The second kappa shape index (κ2) is 6.30. The zero-order valence-corrected chi connectivity index (χ0v) is 9.62. The van der Waals surface area contributed by atoms with Gasteiger partial charge < -0.3 is 5.11 Å². The molecule has 0 saturated heterocycles. The lowest BCUT2D eigenvalue weighted by Crippen LogP contribution is -2.30. The van der Waals surface area contributed by atoms with Crippen molar-refractivity contribution < 1.29 is 18.7 Å². The number of carbonyl (C=O) groups is 1. The Kier molecular flexibility index (Phi) is 5.03. The smallest absolute Gasteiger partial charge is 0.317 e. The predicted molar refractivity (Wildman–Crippen MR) is 59.6 cm³/mol. The molecule has 0 atom stereocenters. The van der Waals surface area contributed by atoms with Crippen LogP contribution in [0, 0.1) is 11.6 Å². The van der Waals surface area contributed by atoms with Gasteiger partial charge in [-0.15, -0.1) is 0 Å². The minimum atomic E-state index is -1.00. The molecule has 1 N–H and O–H groups in total. The summed E-state index contributed by atoms with van der Waals surface area (Å²) in [6.07, 6.45) is 0.726. The summed E-state index contributed by atoms with van der Waals surface area (Å²) in [5.41, 5.74) is -0.0813. The number of carboxylic acids is 1. The molecular formula is C12H15F2NO2. The summed E-state index contributed by atoms with van der Waals surface area (Å²) in [6.45, 7) is 2.12. The van der Waals surface area contributed by atoms with Gasteiger partial charge in [-0.1, -0.05) is 13.0 Å². The number of halogens is 2. The topological polar surface area (TPSA) is 40.5 Å². The number of rotatable bonds is 6. The maximum absolute atomic E-state index is 13.4. The summed E-state index contributed by atoms with van der Waals surface area (Å²) in [6, 6.07) is 3.63. The molecule has 0 heterocycles. The molecular weight excluding hydrogens is 228 g/mol. The summed E-state index contributed by atoms with van der Waals surface area (Å²) in [5.74, 6) is -2.29. The molecule has 0 aliphatic rings. The number of aliphatic carboxylic acids is 1. The number of hydrogen-bond donors (Lipinski definition) is 1. The lowest BCUT2D eigenvalue weighted by molar-refractivity contribution is -0.138. The molecule has 0 unspecified atom stereocenters. The van der Waals surface area contributed by atoms with E-state index in [0.717, 1.165) is 6.42 Å². The van der Waals surface area contributed by atoms with Gasteiger partial charge in [-0.3, -0.25) is 9.69 Å². The Bertz CT molecular complexity index is 376.